The summed E-state index contributed by atoms with van der Waals surface area (Å²) in [6, 6.07) is 7.40. The summed E-state index contributed by atoms with van der Waals surface area (Å²) in [5.41, 5.74) is -0.375. The minimum atomic E-state index is -1.59. The molecular weight excluding hydrogens is 484 g/mol. The molecule has 0 saturated carbocycles. The maximum atomic E-state index is 14.5. The van der Waals surface area contributed by atoms with Gasteiger partial charge in [0.05, 0.1) is 17.3 Å². The molecule has 0 radical (unpaired) electrons. The number of aromatic carboxylic acids is 1. The Morgan fingerprint density at radius 1 is 1.09 bits per heavy atom. The van der Waals surface area contributed by atoms with E-state index in [2.05, 4.69) is 5.10 Å². The highest BCUT2D eigenvalue weighted by molar-refractivity contribution is 6.31. The molecular formula is C24H22ClF2N3O5. The van der Waals surface area contributed by atoms with E-state index in [1.54, 1.807) is 48.7 Å². The van der Waals surface area contributed by atoms with Crippen LogP contribution in [0.1, 0.15) is 37.2 Å². The van der Waals surface area contributed by atoms with Crippen LogP contribution in [0.15, 0.2) is 42.6 Å². The minimum absolute atomic E-state index is 0.150. The summed E-state index contributed by atoms with van der Waals surface area (Å²) in [6.45, 7) is 6.11. The third-order valence-electron chi connectivity index (χ3n) is 5.22. The minimum Gasteiger partial charge on any atom is -0.478 e. The topological polar surface area (TPSA) is 93.9 Å². The number of carboxylic acid groups (broad SMARTS) is 1. The zero-order chi connectivity index (χ0) is 25.5. The second-order valence-electron chi connectivity index (χ2n) is 9.01. The highest BCUT2D eigenvalue weighted by atomic mass is 35.5. The number of carboxylic acids is 1. The van der Waals surface area contributed by atoms with Crippen molar-refractivity contribution in [2.45, 2.75) is 32.4 Å². The van der Waals surface area contributed by atoms with Gasteiger partial charge in [-0.05, 0) is 51.1 Å². The largest absolute Gasteiger partial charge is 0.478 e. The lowest BCUT2D eigenvalue weighted by molar-refractivity contribution is -0.000199. The van der Waals surface area contributed by atoms with Crippen LogP contribution in [0.5, 0.6) is 11.5 Å². The van der Waals surface area contributed by atoms with Gasteiger partial charge in [0, 0.05) is 35.9 Å². The summed E-state index contributed by atoms with van der Waals surface area (Å²) in [4.78, 5) is 24.9. The van der Waals surface area contributed by atoms with E-state index in [0.717, 1.165) is 0 Å². The maximum Gasteiger partial charge on any atom is 0.410 e. The van der Waals surface area contributed by atoms with Crippen molar-refractivity contribution in [2.75, 3.05) is 13.1 Å². The number of amides is 1. The van der Waals surface area contributed by atoms with Crippen molar-refractivity contribution < 1.29 is 33.0 Å². The second kappa shape index (κ2) is 9.18. The molecule has 35 heavy (non-hydrogen) atoms. The molecule has 0 spiro atoms. The average molecular weight is 506 g/mol. The summed E-state index contributed by atoms with van der Waals surface area (Å²) in [6.07, 6.45) is 1.15. The van der Waals surface area contributed by atoms with Crippen LogP contribution in [-0.2, 0) is 4.74 Å². The van der Waals surface area contributed by atoms with Crippen molar-refractivity contribution >= 4 is 23.7 Å². The lowest BCUT2D eigenvalue weighted by Gasteiger charge is -2.40. The van der Waals surface area contributed by atoms with Crippen LogP contribution in [0.25, 0.3) is 11.3 Å². The molecule has 1 N–H and O–H groups in total. The maximum absolute atomic E-state index is 14.5. The van der Waals surface area contributed by atoms with Crippen molar-refractivity contribution in [3.63, 3.8) is 0 Å². The van der Waals surface area contributed by atoms with Gasteiger partial charge >= 0.3 is 12.1 Å². The molecule has 3 aromatic rings. The normalized spacial score (nSPS) is 13.9. The van der Waals surface area contributed by atoms with Gasteiger partial charge in [0.1, 0.15) is 17.2 Å². The van der Waals surface area contributed by atoms with Gasteiger partial charge in [0.2, 0.25) is 0 Å². The van der Waals surface area contributed by atoms with Crippen LogP contribution >= 0.6 is 11.6 Å². The summed E-state index contributed by atoms with van der Waals surface area (Å²) < 4.78 is 41.4. The Bertz CT molecular complexity index is 1300. The molecule has 0 atom stereocenters. The number of ether oxygens (including phenoxy) is 2. The molecule has 1 aromatic heterocycles. The molecule has 1 aliphatic rings. The second-order valence-corrected chi connectivity index (χ2v) is 9.45. The number of halogens is 3. The van der Waals surface area contributed by atoms with E-state index < -0.39 is 40.6 Å². The molecule has 1 aliphatic heterocycles. The monoisotopic (exact) mass is 505 g/mol. The van der Waals surface area contributed by atoms with Gasteiger partial charge in [-0.3, -0.25) is 4.68 Å². The number of rotatable bonds is 5. The third kappa shape index (κ3) is 5.22. The van der Waals surface area contributed by atoms with E-state index >= 15 is 0 Å². The Labute approximate surface area is 204 Å². The Morgan fingerprint density at radius 2 is 1.80 bits per heavy atom. The van der Waals surface area contributed by atoms with Gasteiger partial charge in [-0.15, -0.1) is 0 Å². The summed E-state index contributed by atoms with van der Waals surface area (Å²) in [5, 5.41) is 13.7. The Balaban J connectivity index is 1.60. The molecule has 1 amide bonds. The quantitative estimate of drug-likeness (QED) is 0.473. The number of carbonyl (C=O) groups excluding carboxylic acids is 1. The highest BCUT2D eigenvalue weighted by Crippen LogP contribution is 2.38. The van der Waals surface area contributed by atoms with Gasteiger partial charge in [-0.1, -0.05) is 11.6 Å². The molecule has 0 aliphatic carbocycles. The SMILES string of the molecule is CC(C)(C)OC(=O)N1CC(n2nccc2-c2cc(Cl)ccc2Oc2cc(F)c(C(=O)O)cc2F)C1. The van der Waals surface area contributed by atoms with Gasteiger partial charge in [0.15, 0.2) is 11.6 Å². The average Bonchev–Trinajstić information content (AvgIpc) is 3.18. The molecule has 184 valence electrons. The Hall–Kier alpha value is -3.66. The molecule has 8 nitrogen and oxygen atoms in total. The molecule has 2 aromatic carbocycles. The zero-order valence-electron chi connectivity index (χ0n) is 19.1. The summed E-state index contributed by atoms with van der Waals surface area (Å²) >= 11 is 6.20. The van der Waals surface area contributed by atoms with Crippen LogP contribution in [0.4, 0.5) is 13.6 Å². The lowest BCUT2D eigenvalue weighted by atomic mass is 10.1. The summed E-state index contributed by atoms with van der Waals surface area (Å²) in [7, 11) is 0. The molecule has 0 bridgehead atoms. The van der Waals surface area contributed by atoms with Crippen LogP contribution in [0.3, 0.4) is 0 Å². The number of hydrogen-bond acceptors (Lipinski definition) is 5. The van der Waals surface area contributed by atoms with E-state index in [1.165, 1.54) is 12.1 Å². The van der Waals surface area contributed by atoms with Gasteiger partial charge < -0.3 is 19.5 Å². The van der Waals surface area contributed by atoms with Gasteiger partial charge in [0.25, 0.3) is 0 Å². The van der Waals surface area contributed by atoms with E-state index in [0.29, 0.717) is 41.5 Å². The van der Waals surface area contributed by atoms with Gasteiger partial charge in [-0.2, -0.15) is 5.10 Å². The molecule has 4 rings (SSSR count). The Morgan fingerprint density at radius 3 is 2.46 bits per heavy atom. The fraction of sp³-hybridized carbons (Fsp3) is 0.292. The first-order valence-corrected chi connectivity index (χ1v) is 11.0. The predicted octanol–water partition coefficient (Wildman–Crippen LogP) is 5.76. The zero-order valence-corrected chi connectivity index (χ0v) is 19.8. The number of likely N-dealkylation sites (tertiary alicyclic amines) is 1. The number of benzene rings is 2. The molecule has 1 saturated heterocycles. The van der Waals surface area contributed by atoms with E-state index in [4.69, 9.17) is 26.2 Å². The first-order chi connectivity index (χ1) is 16.4. The highest BCUT2D eigenvalue weighted by Gasteiger charge is 2.36. The number of aromatic nitrogens is 2. The fourth-order valence-electron chi connectivity index (χ4n) is 3.58. The molecule has 1 fully saturated rings. The first kappa shape index (κ1) is 24.5. The fourth-order valence-corrected chi connectivity index (χ4v) is 3.76. The van der Waals surface area contributed by atoms with Crippen molar-refractivity contribution in [3.8, 4) is 22.8 Å². The number of nitrogens with zero attached hydrogens (tertiary/aromatic N) is 3. The third-order valence-corrected chi connectivity index (χ3v) is 5.45. The van der Waals surface area contributed by atoms with Crippen molar-refractivity contribution in [3.05, 3.63) is 64.8 Å². The van der Waals surface area contributed by atoms with E-state index in [1.807, 2.05) is 0 Å². The smallest absolute Gasteiger partial charge is 0.410 e. The molecule has 11 heteroatoms. The van der Waals surface area contributed by atoms with Crippen LogP contribution in [-0.4, -0.2) is 50.5 Å². The standard InChI is InChI=1S/C24H22ClF2N3O5/c1-24(2,3)35-23(33)29-11-14(12-29)30-19(6-7-28-30)16-8-13(25)4-5-20(16)34-21-10-17(26)15(22(31)32)9-18(21)27/h4-10,14H,11-12H2,1-3H3,(H,31,32). The predicted molar refractivity (Wildman–Crippen MR) is 123 cm³/mol. The van der Waals surface area contributed by atoms with Crippen molar-refractivity contribution in [2.24, 2.45) is 0 Å². The van der Waals surface area contributed by atoms with Crippen LogP contribution in [0, 0.1) is 11.6 Å². The molecule has 0 unspecified atom stereocenters. The number of carbonyl (C=O) groups is 2. The molecule has 2 heterocycles. The lowest BCUT2D eigenvalue weighted by Crippen LogP contribution is -2.52. The van der Waals surface area contributed by atoms with Crippen molar-refractivity contribution in [1.29, 1.82) is 0 Å². The first-order valence-electron chi connectivity index (χ1n) is 10.6. The van der Waals surface area contributed by atoms with Crippen LogP contribution < -0.4 is 4.74 Å². The van der Waals surface area contributed by atoms with Crippen molar-refractivity contribution in [1.82, 2.24) is 14.7 Å². The van der Waals surface area contributed by atoms with Crippen LogP contribution in [0.2, 0.25) is 5.02 Å². The Kier molecular flexibility index (Phi) is 6.42. The van der Waals surface area contributed by atoms with E-state index in [-0.39, 0.29) is 11.8 Å². The van der Waals surface area contributed by atoms with E-state index in [9.17, 15) is 18.4 Å². The summed E-state index contributed by atoms with van der Waals surface area (Å²) in [5.74, 6) is -4.09. The number of hydrogen-bond donors (Lipinski definition) is 1. The van der Waals surface area contributed by atoms with Gasteiger partial charge in [-0.25, -0.2) is 18.4 Å².